The summed E-state index contributed by atoms with van der Waals surface area (Å²) < 4.78 is 0. The van der Waals surface area contributed by atoms with Crippen molar-refractivity contribution >= 4 is 34.8 Å². The Hall–Kier alpha value is -0.740. The van der Waals surface area contributed by atoms with Crippen LogP contribution in [0.5, 0.6) is 0 Å². The van der Waals surface area contributed by atoms with Gasteiger partial charge in [-0.15, -0.1) is 11.8 Å². The number of hydrogen-bond donors (Lipinski definition) is 2. The third-order valence-corrected chi connectivity index (χ3v) is 4.80. The van der Waals surface area contributed by atoms with Gasteiger partial charge in [-0.25, -0.2) is 0 Å². The minimum Gasteiger partial charge on any atom is -0.359 e. The molecular weight excluding hydrogens is 272 g/mol. The van der Waals surface area contributed by atoms with Crippen molar-refractivity contribution in [2.75, 3.05) is 11.6 Å². The van der Waals surface area contributed by atoms with Crippen molar-refractivity contribution in [3.63, 3.8) is 0 Å². The van der Waals surface area contributed by atoms with E-state index in [1.807, 2.05) is 6.07 Å². The van der Waals surface area contributed by atoms with Gasteiger partial charge in [-0.05, 0) is 49.4 Å². The Morgan fingerprint density at radius 1 is 1.26 bits per heavy atom. The second-order valence-corrected chi connectivity index (χ2v) is 6.42. The van der Waals surface area contributed by atoms with E-state index in [4.69, 9.17) is 12.2 Å². The van der Waals surface area contributed by atoms with Gasteiger partial charge < -0.3 is 10.6 Å². The summed E-state index contributed by atoms with van der Waals surface area (Å²) in [4.78, 5) is 1.23. The normalized spacial score (nSPS) is 22.8. The van der Waals surface area contributed by atoms with E-state index in [0.29, 0.717) is 12.0 Å². The van der Waals surface area contributed by atoms with Crippen molar-refractivity contribution in [2.24, 2.45) is 5.92 Å². The lowest BCUT2D eigenvalue weighted by molar-refractivity contribution is 0.309. The molecule has 1 aliphatic carbocycles. The Kier molecular flexibility index (Phi) is 5.52. The Bertz CT molecular complexity index is 434. The molecule has 0 spiro atoms. The van der Waals surface area contributed by atoms with Crippen molar-refractivity contribution in [3.8, 4) is 0 Å². The fourth-order valence-corrected chi connectivity index (χ4v) is 3.42. The summed E-state index contributed by atoms with van der Waals surface area (Å²) in [5.74, 6) is 0.712. The lowest BCUT2D eigenvalue weighted by Crippen LogP contribution is -2.43. The van der Waals surface area contributed by atoms with Gasteiger partial charge in [0.05, 0.1) is 5.69 Å². The number of nitrogens with one attached hydrogen (secondary N) is 2. The highest BCUT2D eigenvalue weighted by atomic mass is 32.2. The number of benzene rings is 1. The molecule has 0 amide bonds. The summed E-state index contributed by atoms with van der Waals surface area (Å²) in [7, 11) is 0. The van der Waals surface area contributed by atoms with Crippen molar-refractivity contribution in [2.45, 2.75) is 43.5 Å². The summed E-state index contributed by atoms with van der Waals surface area (Å²) in [6.07, 6.45) is 7.29. The standard InChI is InChI=1S/C15H22N2S2/c1-11-7-3-4-8-12(11)16-15(18)17-13-9-5-6-10-14(13)19-2/h5-6,9-12H,3-4,7-8H2,1-2H3,(H2,16,17,18)/t11-,12+/m1/s1. The van der Waals surface area contributed by atoms with E-state index >= 15 is 0 Å². The molecular formula is C15H22N2S2. The summed E-state index contributed by atoms with van der Waals surface area (Å²) in [6, 6.07) is 8.79. The molecule has 2 atom stereocenters. The SMILES string of the molecule is CSc1ccccc1NC(=S)N[C@H]1CCCC[C@H]1C. The second kappa shape index (κ2) is 7.15. The first-order valence-electron chi connectivity index (χ1n) is 6.91. The van der Waals surface area contributed by atoms with Crippen LogP contribution in [-0.4, -0.2) is 17.4 Å². The zero-order valence-electron chi connectivity index (χ0n) is 11.6. The molecule has 104 valence electrons. The Labute approximate surface area is 125 Å². The van der Waals surface area contributed by atoms with Crippen LogP contribution in [0.25, 0.3) is 0 Å². The number of hydrogen-bond acceptors (Lipinski definition) is 2. The smallest absolute Gasteiger partial charge is 0.171 e. The third kappa shape index (κ3) is 4.11. The maximum Gasteiger partial charge on any atom is 0.171 e. The van der Waals surface area contributed by atoms with E-state index < -0.39 is 0 Å². The van der Waals surface area contributed by atoms with Gasteiger partial charge in [-0.1, -0.05) is 31.9 Å². The van der Waals surface area contributed by atoms with Gasteiger partial charge in [0, 0.05) is 10.9 Å². The van der Waals surface area contributed by atoms with E-state index in [9.17, 15) is 0 Å². The molecule has 1 aromatic carbocycles. The van der Waals surface area contributed by atoms with E-state index in [1.165, 1.54) is 30.6 Å². The molecule has 1 saturated carbocycles. The fraction of sp³-hybridized carbons (Fsp3) is 0.533. The lowest BCUT2D eigenvalue weighted by atomic mass is 9.86. The highest BCUT2D eigenvalue weighted by Gasteiger charge is 2.21. The number of para-hydroxylation sites is 1. The summed E-state index contributed by atoms with van der Waals surface area (Å²) >= 11 is 7.18. The topological polar surface area (TPSA) is 24.1 Å². The largest absolute Gasteiger partial charge is 0.359 e. The van der Waals surface area contributed by atoms with Crippen LogP contribution in [0.3, 0.4) is 0 Å². The monoisotopic (exact) mass is 294 g/mol. The van der Waals surface area contributed by atoms with E-state index in [2.05, 4.69) is 42.0 Å². The summed E-state index contributed by atoms with van der Waals surface area (Å²) in [5.41, 5.74) is 1.09. The first-order chi connectivity index (χ1) is 9.20. The van der Waals surface area contributed by atoms with Gasteiger partial charge >= 0.3 is 0 Å². The van der Waals surface area contributed by atoms with Crippen LogP contribution in [-0.2, 0) is 0 Å². The van der Waals surface area contributed by atoms with E-state index in [1.54, 1.807) is 11.8 Å². The number of thiocarbonyl (C=S) groups is 1. The molecule has 0 saturated heterocycles. The van der Waals surface area contributed by atoms with Gasteiger partial charge in [0.15, 0.2) is 5.11 Å². The van der Waals surface area contributed by atoms with Gasteiger partial charge in [-0.2, -0.15) is 0 Å². The molecule has 2 nitrogen and oxygen atoms in total. The van der Waals surface area contributed by atoms with Crippen molar-refractivity contribution in [1.82, 2.24) is 5.32 Å². The second-order valence-electron chi connectivity index (χ2n) is 5.17. The molecule has 1 aromatic rings. The molecule has 0 unspecified atom stereocenters. The predicted octanol–water partition coefficient (Wildman–Crippen LogP) is 4.27. The van der Waals surface area contributed by atoms with E-state index in [-0.39, 0.29) is 0 Å². The molecule has 0 radical (unpaired) electrons. The summed E-state index contributed by atoms with van der Waals surface area (Å²) in [5, 5.41) is 7.56. The maximum absolute atomic E-state index is 5.45. The van der Waals surface area contributed by atoms with Crippen LogP contribution in [0.2, 0.25) is 0 Å². The zero-order valence-corrected chi connectivity index (χ0v) is 13.2. The van der Waals surface area contributed by atoms with Crippen LogP contribution in [0.1, 0.15) is 32.6 Å². The minimum absolute atomic E-state index is 0.523. The molecule has 0 aromatic heterocycles. The average molecular weight is 294 g/mol. The Balaban J connectivity index is 1.93. The van der Waals surface area contributed by atoms with Crippen LogP contribution in [0.4, 0.5) is 5.69 Å². The minimum atomic E-state index is 0.523. The first kappa shape index (κ1) is 14.7. The molecule has 1 aliphatic rings. The molecule has 2 N–H and O–H groups in total. The Morgan fingerprint density at radius 2 is 2.00 bits per heavy atom. The van der Waals surface area contributed by atoms with Gasteiger partial charge in [0.1, 0.15) is 0 Å². The zero-order chi connectivity index (χ0) is 13.7. The third-order valence-electron chi connectivity index (χ3n) is 3.78. The van der Waals surface area contributed by atoms with Crippen molar-refractivity contribution in [1.29, 1.82) is 0 Å². The number of rotatable bonds is 3. The lowest BCUT2D eigenvalue weighted by Gasteiger charge is -2.30. The average Bonchev–Trinajstić information content (AvgIpc) is 2.42. The van der Waals surface area contributed by atoms with Crippen LogP contribution < -0.4 is 10.6 Å². The highest BCUT2D eigenvalue weighted by molar-refractivity contribution is 7.98. The molecule has 0 aliphatic heterocycles. The van der Waals surface area contributed by atoms with Gasteiger partial charge in [-0.3, -0.25) is 0 Å². The summed E-state index contributed by atoms with van der Waals surface area (Å²) in [6.45, 7) is 2.31. The molecule has 19 heavy (non-hydrogen) atoms. The van der Waals surface area contributed by atoms with Gasteiger partial charge in [0.25, 0.3) is 0 Å². The van der Waals surface area contributed by atoms with Crippen LogP contribution >= 0.6 is 24.0 Å². The molecule has 0 bridgehead atoms. The van der Waals surface area contributed by atoms with Crippen molar-refractivity contribution in [3.05, 3.63) is 24.3 Å². The number of thioether (sulfide) groups is 1. The van der Waals surface area contributed by atoms with Gasteiger partial charge in [0.2, 0.25) is 0 Å². The quantitative estimate of drug-likeness (QED) is 0.642. The highest BCUT2D eigenvalue weighted by Crippen LogP contribution is 2.26. The van der Waals surface area contributed by atoms with Crippen molar-refractivity contribution < 1.29 is 0 Å². The molecule has 0 heterocycles. The molecule has 2 rings (SSSR count). The van der Waals surface area contributed by atoms with Crippen LogP contribution in [0.15, 0.2) is 29.2 Å². The first-order valence-corrected chi connectivity index (χ1v) is 8.54. The maximum atomic E-state index is 5.45. The molecule has 1 fully saturated rings. The fourth-order valence-electron chi connectivity index (χ4n) is 2.61. The van der Waals surface area contributed by atoms with E-state index in [0.717, 1.165) is 10.8 Å². The molecule has 4 heteroatoms. The Morgan fingerprint density at radius 3 is 2.74 bits per heavy atom. The predicted molar refractivity (Wildman–Crippen MR) is 89.0 cm³/mol. The van der Waals surface area contributed by atoms with Crippen LogP contribution in [0, 0.1) is 5.92 Å². The number of anilines is 1.